The van der Waals surface area contributed by atoms with Crippen LogP contribution in [0.2, 0.25) is 0 Å². The molecule has 19 heavy (non-hydrogen) atoms. The van der Waals surface area contributed by atoms with Gasteiger partial charge in [-0.25, -0.2) is 4.79 Å². The minimum absolute atomic E-state index is 0.161. The summed E-state index contributed by atoms with van der Waals surface area (Å²) >= 11 is 0. The zero-order valence-corrected chi connectivity index (χ0v) is 11.7. The first-order chi connectivity index (χ1) is 9.04. The maximum Gasteiger partial charge on any atom is 0.317 e. The third-order valence-electron chi connectivity index (χ3n) is 2.85. The van der Waals surface area contributed by atoms with Crippen molar-refractivity contribution in [1.82, 2.24) is 10.2 Å². The van der Waals surface area contributed by atoms with Gasteiger partial charge in [-0.2, -0.15) is 0 Å². The van der Waals surface area contributed by atoms with Gasteiger partial charge in [-0.05, 0) is 19.4 Å². The second-order valence-corrected chi connectivity index (χ2v) is 4.53. The van der Waals surface area contributed by atoms with Crippen LogP contribution in [0.15, 0.2) is 24.3 Å². The Labute approximate surface area is 114 Å². The van der Waals surface area contributed by atoms with Crippen LogP contribution in [0.4, 0.5) is 4.79 Å². The van der Waals surface area contributed by atoms with Crippen LogP contribution in [-0.2, 0) is 6.54 Å². The molecule has 2 N–H and O–H groups in total. The number of carbonyl (C=O) groups excluding carboxylic acids is 1. The standard InChI is InChI=1S/C14H22N2O3/c1-11(17)8-9-16(2)14(18)15-10-12-6-4-5-7-13(12)19-3/h4-7,11,17H,8-10H2,1-3H3,(H,15,18). The number of hydrogen-bond acceptors (Lipinski definition) is 3. The Hall–Kier alpha value is -1.75. The summed E-state index contributed by atoms with van der Waals surface area (Å²) in [5, 5.41) is 12.0. The zero-order chi connectivity index (χ0) is 14.3. The summed E-state index contributed by atoms with van der Waals surface area (Å²) in [5.74, 6) is 0.759. The number of ether oxygens (including phenoxy) is 1. The number of rotatable bonds is 6. The predicted molar refractivity (Wildman–Crippen MR) is 74.2 cm³/mol. The number of methoxy groups -OCH3 is 1. The van der Waals surface area contributed by atoms with Gasteiger partial charge in [0.05, 0.1) is 13.2 Å². The average molecular weight is 266 g/mol. The van der Waals surface area contributed by atoms with Crippen LogP contribution in [0.5, 0.6) is 5.75 Å². The van der Waals surface area contributed by atoms with E-state index in [1.807, 2.05) is 24.3 Å². The molecule has 0 radical (unpaired) electrons. The van der Waals surface area contributed by atoms with E-state index in [0.717, 1.165) is 11.3 Å². The fourth-order valence-corrected chi connectivity index (χ4v) is 1.64. The molecule has 5 heteroatoms. The van der Waals surface area contributed by atoms with Crippen molar-refractivity contribution >= 4 is 6.03 Å². The van der Waals surface area contributed by atoms with Crippen LogP contribution in [0, 0.1) is 0 Å². The maximum absolute atomic E-state index is 11.8. The van der Waals surface area contributed by atoms with Gasteiger partial charge in [-0.15, -0.1) is 0 Å². The average Bonchev–Trinajstić information content (AvgIpc) is 2.42. The molecule has 0 aliphatic carbocycles. The van der Waals surface area contributed by atoms with E-state index in [4.69, 9.17) is 4.74 Å². The minimum Gasteiger partial charge on any atom is -0.496 e. The Kier molecular flexibility index (Phi) is 6.15. The molecule has 1 aromatic rings. The summed E-state index contributed by atoms with van der Waals surface area (Å²) in [7, 11) is 3.31. The van der Waals surface area contributed by atoms with E-state index in [-0.39, 0.29) is 6.03 Å². The van der Waals surface area contributed by atoms with Crippen LogP contribution in [0.3, 0.4) is 0 Å². The molecule has 106 valence electrons. The fraction of sp³-hybridized carbons (Fsp3) is 0.500. The van der Waals surface area contributed by atoms with Gasteiger partial charge in [-0.1, -0.05) is 18.2 Å². The normalized spacial score (nSPS) is 11.8. The van der Waals surface area contributed by atoms with Crippen molar-refractivity contribution in [2.24, 2.45) is 0 Å². The number of carbonyl (C=O) groups is 1. The number of hydrogen-bond donors (Lipinski definition) is 2. The van der Waals surface area contributed by atoms with Gasteiger partial charge in [0.15, 0.2) is 0 Å². The third kappa shape index (κ3) is 5.18. The van der Waals surface area contributed by atoms with Crippen molar-refractivity contribution in [3.63, 3.8) is 0 Å². The molecule has 0 heterocycles. The van der Waals surface area contributed by atoms with E-state index < -0.39 is 6.10 Å². The number of aliphatic hydroxyl groups excluding tert-OH is 1. The van der Waals surface area contributed by atoms with Crippen molar-refractivity contribution < 1.29 is 14.6 Å². The van der Waals surface area contributed by atoms with Gasteiger partial charge in [0, 0.05) is 25.7 Å². The molecule has 0 bridgehead atoms. The lowest BCUT2D eigenvalue weighted by atomic mass is 10.2. The van der Waals surface area contributed by atoms with Crippen LogP contribution in [0.25, 0.3) is 0 Å². The number of urea groups is 1. The Morgan fingerprint density at radius 2 is 2.16 bits per heavy atom. The molecule has 0 spiro atoms. The predicted octanol–water partition coefficient (Wildman–Crippen LogP) is 1.61. The first kappa shape index (κ1) is 15.3. The quantitative estimate of drug-likeness (QED) is 0.822. The van der Waals surface area contributed by atoms with Gasteiger partial charge in [0.25, 0.3) is 0 Å². The molecule has 0 saturated carbocycles. The van der Waals surface area contributed by atoms with Crippen molar-refractivity contribution in [1.29, 1.82) is 0 Å². The summed E-state index contributed by atoms with van der Waals surface area (Å²) in [6.07, 6.45) is 0.169. The molecule has 0 fully saturated rings. The monoisotopic (exact) mass is 266 g/mol. The summed E-state index contributed by atoms with van der Waals surface area (Å²) in [5.41, 5.74) is 0.933. The van der Waals surface area contributed by atoms with Crippen LogP contribution < -0.4 is 10.1 Å². The fourth-order valence-electron chi connectivity index (χ4n) is 1.64. The largest absolute Gasteiger partial charge is 0.496 e. The lowest BCUT2D eigenvalue weighted by Crippen LogP contribution is -2.38. The highest BCUT2D eigenvalue weighted by atomic mass is 16.5. The second kappa shape index (κ2) is 7.63. The van der Waals surface area contributed by atoms with Crippen LogP contribution >= 0.6 is 0 Å². The second-order valence-electron chi connectivity index (χ2n) is 4.53. The molecule has 0 aromatic heterocycles. The summed E-state index contributed by atoms with van der Waals surface area (Å²) < 4.78 is 5.22. The maximum atomic E-state index is 11.8. The number of para-hydroxylation sites is 1. The van der Waals surface area contributed by atoms with E-state index in [1.54, 1.807) is 26.0 Å². The Morgan fingerprint density at radius 1 is 1.47 bits per heavy atom. The molecule has 1 rings (SSSR count). The summed E-state index contributed by atoms with van der Waals surface area (Å²) in [4.78, 5) is 13.4. The topological polar surface area (TPSA) is 61.8 Å². The molecule has 0 aliphatic rings. The van der Waals surface area contributed by atoms with Crippen molar-refractivity contribution in [3.8, 4) is 5.75 Å². The number of aliphatic hydroxyl groups is 1. The molecular weight excluding hydrogens is 244 g/mol. The summed E-state index contributed by atoms with van der Waals surface area (Å²) in [6, 6.07) is 7.40. The first-order valence-corrected chi connectivity index (χ1v) is 6.33. The smallest absolute Gasteiger partial charge is 0.317 e. The number of benzene rings is 1. The van der Waals surface area contributed by atoms with E-state index in [1.165, 1.54) is 0 Å². The molecule has 1 atom stereocenters. The van der Waals surface area contributed by atoms with Gasteiger partial charge in [0.2, 0.25) is 0 Å². The molecular formula is C14H22N2O3. The number of nitrogens with one attached hydrogen (secondary N) is 1. The highest BCUT2D eigenvalue weighted by molar-refractivity contribution is 5.73. The lowest BCUT2D eigenvalue weighted by molar-refractivity contribution is 0.163. The zero-order valence-electron chi connectivity index (χ0n) is 11.7. The molecule has 0 aliphatic heterocycles. The van der Waals surface area contributed by atoms with Crippen molar-refractivity contribution in [2.75, 3.05) is 20.7 Å². The van der Waals surface area contributed by atoms with E-state index in [0.29, 0.717) is 19.5 Å². The van der Waals surface area contributed by atoms with Gasteiger partial charge in [0.1, 0.15) is 5.75 Å². The van der Waals surface area contributed by atoms with Gasteiger partial charge >= 0.3 is 6.03 Å². The Bertz CT molecular complexity index is 407. The number of amides is 2. The lowest BCUT2D eigenvalue weighted by Gasteiger charge is -2.19. The molecule has 2 amide bonds. The van der Waals surface area contributed by atoms with Crippen LogP contribution in [-0.4, -0.2) is 42.8 Å². The molecule has 1 aromatic carbocycles. The van der Waals surface area contributed by atoms with E-state index >= 15 is 0 Å². The van der Waals surface area contributed by atoms with Gasteiger partial charge < -0.3 is 20.1 Å². The molecule has 5 nitrogen and oxygen atoms in total. The van der Waals surface area contributed by atoms with E-state index in [9.17, 15) is 9.90 Å². The Morgan fingerprint density at radius 3 is 2.79 bits per heavy atom. The minimum atomic E-state index is -0.399. The van der Waals surface area contributed by atoms with Crippen molar-refractivity contribution in [2.45, 2.75) is 26.0 Å². The molecule has 0 saturated heterocycles. The van der Waals surface area contributed by atoms with E-state index in [2.05, 4.69) is 5.32 Å². The van der Waals surface area contributed by atoms with Crippen molar-refractivity contribution in [3.05, 3.63) is 29.8 Å². The number of nitrogens with zero attached hydrogens (tertiary/aromatic N) is 1. The first-order valence-electron chi connectivity index (χ1n) is 6.33. The SMILES string of the molecule is COc1ccccc1CNC(=O)N(C)CCC(C)O. The summed E-state index contributed by atoms with van der Waals surface area (Å²) in [6.45, 7) is 2.65. The Balaban J connectivity index is 2.45. The van der Waals surface area contributed by atoms with Crippen LogP contribution in [0.1, 0.15) is 18.9 Å². The highest BCUT2D eigenvalue weighted by Crippen LogP contribution is 2.16. The molecule has 1 unspecified atom stereocenters. The highest BCUT2D eigenvalue weighted by Gasteiger charge is 2.10. The third-order valence-corrected chi connectivity index (χ3v) is 2.85. The van der Waals surface area contributed by atoms with Gasteiger partial charge in [-0.3, -0.25) is 0 Å².